The summed E-state index contributed by atoms with van der Waals surface area (Å²) in [6, 6.07) is 7.15. The lowest BCUT2D eigenvalue weighted by Crippen LogP contribution is -2.41. The summed E-state index contributed by atoms with van der Waals surface area (Å²) in [5.74, 6) is 0.788. The number of benzene rings is 1. The van der Waals surface area contributed by atoms with Crippen molar-refractivity contribution in [1.82, 2.24) is 34.5 Å². The number of hydrogen-bond acceptors (Lipinski definition) is 7. The van der Waals surface area contributed by atoms with E-state index in [1.165, 1.54) is 11.8 Å². The number of methoxy groups -OCH3 is 1. The van der Waals surface area contributed by atoms with Gasteiger partial charge in [0, 0.05) is 37.8 Å². The Labute approximate surface area is 187 Å². The summed E-state index contributed by atoms with van der Waals surface area (Å²) >= 11 is 0. The van der Waals surface area contributed by atoms with Gasteiger partial charge in [0.05, 0.1) is 12.6 Å². The number of piperidine rings is 1. The van der Waals surface area contributed by atoms with E-state index in [1.54, 1.807) is 34.8 Å². The number of fused-ring (bicyclic) bond motifs is 2. The standard InChI is InChI=1S/C21H22F2N8O2/c1-29-7-5-13(10-18(29)32)24-21-25-20(33-2)19-14(6-8-30(19)27-21)12-3-4-15-16(9-12)31(28-26-15)11-17(22)23/h3-4,6,8-9,13,17H,5,7,10-11H2,1-2H3,(H,24,27)/t13-/m0/s1. The van der Waals surface area contributed by atoms with Gasteiger partial charge in [0.25, 0.3) is 6.43 Å². The first-order valence-electron chi connectivity index (χ1n) is 10.5. The molecule has 1 saturated heterocycles. The van der Waals surface area contributed by atoms with Gasteiger partial charge in [0.1, 0.15) is 17.6 Å². The third-order valence-corrected chi connectivity index (χ3v) is 5.80. The number of nitrogens with zero attached hydrogens (tertiary/aromatic N) is 7. The van der Waals surface area contributed by atoms with Gasteiger partial charge in [-0.15, -0.1) is 10.2 Å². The summed E-state index contributed by atoms with van der Waals surface area (Å²) in [6.45, 7) is 0.139. The van der Waals surface area contributed by atoms with Crippen molar-refractivity contribution in [2.24, 2.45) is 0 Å². The van der Waals surface area contributed by atoms with Gasteiger partial charge in [-0.25, -0.2) is 18.0 Å². The van der Waals surface area contributed by atoms with Crippen LogP contribution < -0.4 is 10.1 Å². The monoisotopic (exact) mass is 456 g/mol. The number of hydrogen-bond donors (Lipinski definition) is 1. The quantitative estimate of drug-likeness (QED) is 0.475. The molecule has 0 aliphatic carbocycles. The minimum absolute atomic E-state index is 0.0593. The molecular formula is C21H22F2N8O2. The molecule has 1 aliphatic heterocycles. The topological polar surface area (TPSA) is 102 Å². The van der Waals surface area contributed by atoms with Gasteiger partial charge in [-0.05, 0) is 30.2 Å². The molecule has 1 aromatic carbocycles. The van der Waals surface area contributed by atoms with Crippen LogP contribution in [-0.4, -0.2) is 73.6 Å². The summed E-state index contributed by atoms with van der Waals surface area (Å²) in [4.78, 5) is 18.2. The molecule has 10 nitrogen and oxygen atoms in total. The minimum Gasteiger partial charge on any atom is -0.479 e. The van der Waals surface area contributed by atoms with E-state index in [-0.39, 0.29) is 11.9 Å². The third kappa shape index (κ3) is 3.92. The number of anilines is 1. The van der Waals surface area contributed by atoms with Crippen molar-refractivity contribution in [2.45, 2.75) is 31.9 Å². The lowest BCUT2D eigenvalue weighted by Gasteiger charge is -2.29. The van der Waals surface area contributed by atoms with Crippen molar-refractivity contribution in [3.63, 3.8) is 0 Å². The first-order valence-corrected chi connectivity index (χ1v) is 10.5. The van der Waals surface area contributed by atoms with E-state index in [0.717, 1.165) is 17.5 Å². The molecule has 4 aromatic rings. The van der Waals surface area contributed by atoms with E-state index in [0.29, 0.717) is 41.3 Å². The molecule has 0 bridgehead atoms. The van der Waals surface area contributed by atoms with Crippen LogP contribution in [0.15, 0.2) is 30.5 Å². The Morgan fingerprint density at radius 1 is 1.30 bits per heavy atom. The van der Waals surface area contributed by atoms with Gasteiger partial charge >= 0.3 is 0 Å². The minimum atomic E-state index is -2.53. The van der Waals surface area contributed by atoms with Crippen molar-refractivity contribution < 1.29 is 18.3 Å². The Bertz CT molecular complexity index is 1330. The van der Waals surface area contributed by atoms with Crippen LogP contribution in [0.1, 0.15) is 12.8 Å². The smallest absolute Gasteiger partial charge is 0.258 e. The first kappa shape index (κ1) is 21.0. The fourth-order valence-electron chi connectivity index (χ4n) is 4.08. The summed E-state index contributed by atoms with van der Waals surface area (Å²) < 4.78 is 34.2. The number of carbonyl (C=O) groups excluding carboxylic acids is 1. The van der Waals surface area contributed by atoms with Gasteiger partial charge < -0.3 is 15.0 Å². The number of likely N-dealkylation sites (tertiary alicyclic amines) is 1. The normalized spacial score (nSPS) is 16.8. The fourth-order valence-corrected chi connectivity index (χ4v) is 4.08. The number of nitrogens with one attached hydrogen (secondary N) is 1. The van der Waals surface area contributed by atoms with Crippen molar-refractivity contribution in [1.29, 1.82) is 0 Å². The Kier molecular flexibility index (Phi) is 5.27. The maximum atomic E-state index is 12.9. The second-order valence-electron chi connectivity index (χ2n) is 7.98. The molecule has 0 spiro atoms. The van der Waals surface area contributed by atoms with Crippen LogP contribution in [0.25, 0.3) is 27.7 Å². The van der Waals surface area contributed by atoms with E-state index in [4.69, 9.17) is 4.74 Å². The van der Waals surface area contributed by atoms with E-state index >= 15 is 0 Å². The third-order valence-electron chi connectivity index (χ3n) is 5.80. The zero-order chi connectivity index (χ0) is 23.1. The van der Waals surface area contributed by atoms with E-state index in [2.05, 4.69) is 25.7 Å². The Morgan fingerprint density at radius 3 is 2.91 bits per heavy atom. The SMILES string of the molecule is COc1nc(N[C@H]2CCN(C)C(=O)C2)nn2ccc(-c3ccc4nnn(CC(F)F)c4c3)c12. The molecular weight excluding hydrogens is 434 g/mol. The van der Waals surface area contributed by atoms with Crippen LogP contribution >= 0.6 is 0 Å². The number of alkyl halides is 2. The Hall–Kier alpha value is -3.83. The van der Waals surface area contributed by atoms with Crippen LogP contribution in [0.2, 0.25) is 0 Å². The maximum absolute atomic E-state index is 12.9. The summed E-state index contributed by atoms with van der Waals surface area (Å²) in [5.41, 5.74) is 3.23. The van der Waals surface area contributed by atoms with Crippen molar-refractivity contribution in [3.05, 3.63) is 30.5 Å². The van der Waals surface area contributed by atoms with Crippen LogP contribution in [0, 0.1) is 0 Å². The highest BCUT2D eigenvalue weighted by Gasteiger charge is 2.25. The van der Waals surface area contributed by atoms with Crippen LogP contribution in [0.4, 0.5) is 14.7 Å². The molecule has 5 rings (SSSR count). The number of amides is 1. The molecule has 3 aromatic heterocycles. The number of halogens is 2. The Balaban J connectivity index is 1.51. The largest absolute Gasteiger partial charge is 0.479 e. The van der Waals surface area contributed by atoms with E-state index in [1.807, 2.05) is 12.1 Å². The molecule has 172 valence electrons. The van der Waals surface area contributed by atoms with E-state index in [9.17, 15) is 13.6 Å². The molecule has 0 unspecified atom stereocenters. The van der Waals surface area contributed by atoms with Crippen LogP contribution in [0.5, 0.6) is 5.88 Å². The molecule has 0 saturated carbocycles. The predicted octanol–water partition coefficient (Wildman–Crippen LogP) is 2.45. The summed E-state index contributed by atoms with van der Waals surface area (Å²) in [5, 5.41) is 15.6. The van der Waals surface area contributed by atoms with Crippen molar-refractivity contribution >= 4 is 28.4 Å². The zero-order valence-corrected chi connectivity index (χ0v) is 18.1. The molecule has 0 radical (unpaired) electrons. The van der Waals surface area contributed by atoms with Gasteiger partial charge in [0.15, 0.2) is 0 Å². The van der Waals surface area contributed by atoms with Gasteiger partial charge in [-0.1, -0.05) is 11.3 Å². The molecule has 1 amide bonds. The summed E-state index contributed by atoms with van der Waals surface area (Å²) in [7, 11) is 3.31. The average molecular weight is 456 g/mol. The molecule has 1 N–H and O–H groups in total. The number of rotatable bonds is 6. The number of carbonyl (C=O) groups is 1. The first-order chi connectivity index (χ1) is 15.9. The highest BCUT2D eigenvalue weighted by molar-refractivity contribution is 5.89. The lowest BCUT2D eigenvalue weighted by molar-refractivity contribution is -0.132. The second kappa shape index (κ2) is 8.26. The second-order valence-corrected chi connectivity index (χ2v) is 7.98. The molecule has 4 heterocycles. The highest BCUT2D eigenvalue weighted by atomic mass is 19.3. The van der Waals surface area contributed by atoms with E-state index < -0.39 is 13.0 Å². The Morgan fingerprint density at radius 2 is 2.15 bits per heavy atom. The van der Waals surface area contributed by atoms with Gasteiger partial charge in [0.2, 0.25) is 17.7 Å². The number of ether oxygens (including phenoxy) is 1. The van der Waals surface area contributed by atoms with Crippen LogP contribution in [-0.2, 0) is 11.3 Å². The van der Waals surface area contributed by atoms with Gasteiger partial charge in [-0.3, -0.25) is 4.79 Å². The highest BCUT2D eigenvalue weighted by Crippen LogP contribution is 2.33. The van der Waals surface area contributed by atoms with Crippen molar-refractivity contribution in [2.75, 3.05) is 26.0 Å². The zero-order valence-electron chi connectivity index (χ0n) is 18.1. The molecule has 12 heteroatoms. The van der Waals surface area contributed by atoms with Crippen molar-refractivity contribution in [3.8, 4) is 17.0 Å². The van der Waals surface area contributed by atoms with Gasteiger partial charge in [-0.2, -0.15) is 4.98 Å². The van der Waals surface area contributed by atoms with Crippen LogP contribution in [0.3, 0.4) is 0 Å². The molecule has 1 aliphatic rings. The average Bonchev–Trinajstić information content (AvgIpc) is 3.39. The molecule has 1 fully saturated rings. The summed E-state index contributed by atoms with van der Waals surface area (Å²) in [6.07, 6.45) is 0.410. The lowest BCUT2D eigenvalue weighted by atomic mass is 10.1. The predicted molar refractivity (Wildman–Crippen MR) is 116 cm³/mol. The fraction of sp³-hybridized carbons (Fsp3) is 0.381. The molecule has 1 atom stereocenters. The number of aromatic nitrogens is 6. The molecule has 33 heavy (non-hydrogen) atoms. The maximum Gasteiger partial charge on any atom is 0.258 e.